The van der Waals surface area contributed by atoms with Crippen molar-refractivity contribution in [1.29, 1.82) is 0 Å². The fourth-order valence-electron chi connectivity index (χ4n) is 3.82. The van der Waals surface area contributed by atoms with Crippen LogP contribution in [0.5, 0.6) is 0 Å². The molecule has 0 unspecified atom stereocenters. The predicted molar refractivity (Wildman–Crippen MR) is 120 cm³/mol. The Labute approximate surface area is 184 Å². The van der Waals surface area contributed by atoms with E-state index in [1.807, 2.05) is 86.3 Å². The lowest BCUT2D eigenvalue weighted by Gasteiger charge is -2.40. The third kappa shape index (κ3) is 6.53. The summed E-state index contributed by atoms with van der Waals surface area (Å²) >= 11 is 0. The first-order valence-corrected chi connectivity index (χ1v) is 10.6. The van der Waals surface area contributed by atoms with E-state index in [0.717, 1.165) is 16.7 Å². The number of carbonyl (C=O) groups is 2. The Hall–Kier alpha value is -2.92. The van der Waals surface area contributed by atoms with Crippen molar-refractivity contribution in [1.82, 2.24) is 4.90 Å². The number of benzene rings is 2. The van der Waals surface area contributed by atoms with Crippen LogP contribution >= 0.6 is 0 Å². The van der Waals surface area contributed by atoms with Gasteiger partial charge in [-0.15, -0.1) is 0 Å². The minimum Gasteiger partial charge on any atom is -0.460 e. The maximum atomic E-state index is 13.3. The summed E-state index contributed by atoms with van der Waals surface area (Å²) in [5, 5.41) is 0. The van der Waals surface area contributed by atoms with E-state index in [-0.39, 0.29) is 6.61 Å². The molecular formula is C26H31NO4. The number of nitrogens with zero attached hydrogens (tertiary/aromatic N) is 1. The zero-order chi connectivity index (χ0) is 22.4. The molecule has 5 heteroatoms. The van der Waals surface area contributed by atoms with E-state index in [1.54, 1.807) is 0 Å². The molecule has 2 aromatic carbocycles. The van der Waals surface area contributed by atoms with Gasteiger partial charge in [-0.05, 0) is 38.3 Å². The molecule has 1 aliphatic rings. The van der Waals surface area contributed by atoms with Crippen molar-refractivity contribution in [3.63, 3.8) is 0 Å². The molecule has 1 saturated heterocycles. The van der Waals surface area contributed by atoms with Crippen molar-refractivity contribution in [3.8, 4) is 0 Å². The zero-order valence-electron chi connectivity index (χ0n) is 18.5. The van der Waals surface area contributed by atoms with E-state index in [0.29, 0.717) is 19.5 Å². The summed E-state index contributed by atoms with van der Waals surface area (Å²) in [6.45, 7) is 10.8. The van der Waals surface area contributed by atoms with Crippen molar-refractivity contribution in [2.75, 3.05) is 6.54 Å². The quantitative estimate of drug-likeness (QED) is 0.507. The molecule has 0 aromatic heterocycles. The second-order valence-electron chi connectivity index (χ2n) is 9.02. The number of piperidine rings is 1. The first-order valence-electron chi connectivity index (χ1n) is 10.6. The Morgan fingerprint density at radius 3 is 2.13 bits per heavy atom. The summed E-state index contributed by atoms with van der Waals surface area (Å²) in [5.41, 5.74) is 2.22. The largest absolute Gasteiger partial charge is 0.460 e. The maximum absolute atomic E-state index is 13.3. The van der Waals surface area contributed by atoms with E-state index < -0.39 is 29.5 Å². The third-order valence-electron chi connectivity index (χ3n) is 5.11. The lowest BCUT2D eigenvalue weighted by Crippen LogP contribution is -2.54. The van der Waals surface area contributed by atoms with Gasteiger partial charge in [0.25, 0.3) is 0 Å². The van der Waals surface area contributed by atoms with Crippen LogP contribution in [0.1, 0.15) is 38.3 Å². The molecule has 31 heavy (non-hydrogen) atoms. The predicted octanol–water partition coefficient (Wildman–Crippen LogP) is 4.52. The molecule has 1 heterocycles. The van der Waals surface area contributed by atoms with Crippen LogP contribution in [-0.2, 0) is 32.2 Å². The second kappa shape index (κ2) is 9.92. The fourth-order valence-corrected chi connectivity index (χ4v) is 3.82. The number of hydrogen-bond donors (Lipinski definition) is 0. The first-order chi connectivity index (χ1) is 14.7. The molecule has 2 aromatic rings. The standard InChI is InChI=1S/C26H31NO4/c1-19-15-22(24(28)31-26(2,3)4)23(25(29)30-18-21-13-9-6-10-14-21)27(16-19)17-20-11-7-5-8-12-20/h5-14,22-23H,1,15-18H2,2-4H3/t22-,23-/m0/s1. The molecule has 5 nitrogen and oxygen atoms in total. The van der Waals surface area contributed by atoms with Crippen LogP contribution in [0, 0.1) is 5.92 Å². The van der Waals surface area contributed by atoms with E-state index in [4.69, 9.17) is 9.47 Å². The molecule has 3 rings (SSSR count). The van der Waals surface area contributed by atoms with Gasteiger partial charge in [0, 0.05) is 13.1 Å². The Kier molecular flexibility index (Phi) is 7.29. The van der Waals surface area contributed by atoms with Crippen LogP contribution in [0.4, 0.5) is 0 Å². The second-order valence-corrected chi connectivity index (χ2v) is 9.02. The topological polar surface area (TPSA) is 55.8 Å². The fraction of sp³-hybridized carbons (Fsp3) is 0.385. The van der Waals surface area contributed by atoms with Gasteiger partial charge in [0.15, 0.2) is 0 Å². The van der Waals surface area contributed by atoms with Gasteiger partial charge < -0.3 is 9.47 Å². The summed E-state index contributed by atoms with van der Waals surface area (Å²) in [5.74, 6) is -1.47. The highest BCUT2D eigenvalue weighted by molar-refractivity contribution is 5.85. The van der Waals surface area contributed by atoms with Crippen LogP contribution in [0.3, 0.4) is 0 Å². The molecule has 1 aliphatic heterocycles. The maximum Gasteiger partial charge on any atom is 0.324 e. The van der Waals surface area contributed by atoms with Crippen LogP contribution in [0.2, 0.25) is 0 Å². The van der Waals surface area contributed by atoms with Gasteiger partial charge in [-0.2, -0.15) is 0 Å². The summed E-state index contributed by atoms with van der Waals surface area (Å²) < 4.78 is 11.3. The molecule has 1 fully saturated rings. The average Bonchev–Trinajstić information content (AvgIpc) is 2.72. The number of ether oxygens (including phenoxy) is 2. The van der Waals surface area contributed by atoms with Crippen LogP contribution in [0.15, 0.2) is 72.8 Å². The molecule has 0 saturated carbocycles. The molecular weight excluding hydrogens is 390 g/mol. The minimum atomic E-state index is -0.732. The van der Waals surface area contributed by atoms with Crippen molar-refractivity contribution >= 4 is 11.9 Å². The molecule has 0 radical (unpaired) electrons. The van der Waals surface area contributed by atoms with Gasteiger partial charge in [-0.3, -0.25) is 14.5 Å². The molecule has 0 N–H and O–H groups in total. The molecule has 0 amide bonds. The van der Waals surface area contributed by atoms with Crippen LogP contribution in [-0.4, -0.2) is 35.0 Å². The van der Waals surface area contributed by atoms with E-state index in [9.17, 15) is 9.59 Å². The van der Waals surface area contributed by atoms with E-state index in [1.165, 1.54) is 0 Å². The Bertz CT molecular complexity index is 902. The Balaban J connectivity index is 1.84. The number of rotatable bonds is 6. The summed E-state index contributed by atoms with van der Waals surface area (Å²) in [7, 11) is 0. The van der Waals surface area contributed by atoms with Crippen LogP contribution in [0.25, 0.3) is 0 Å². The highest BCUT2D eigenvalue weighted by Crippen LogP contribution is 2.31. The zero-order valence-corrected chi connectivity index (χ0v) is 18.5. The summed E-state index contributed by atoms with van der Waals surface area (Å²) in [6.07, 6.45) is 0.408. The monoisotopic (exact) mass is 421 g/mol. The number of carbonyl (C=O) groups excluding carboxylic acids is 2. The SMILES string of the molecule is C=C1C[C@H](C(=O)OC(C)(C)C)[C@@H](C(=O)OCc2ccccc2)N(Cc2ccccc2)C1. The number of likely N-dealkylation sites (tertiary alicyclic amines) is 1. The van der Waals surface area contributed by atoms with E-state index >= 15 is 0 Å². The first kappa shape index (κ1) is 22.8. The summed E-state index contributed by atoms with van der Waals surface area (Å²) in [4.78, 5) is 28.3. The Morgan fingerprint density at radius 1 is 0.968 bits per heavy atom. The summed E-state index contributed by atoms with van der Waals surface area (Å²) in [6, 6.07) is 18.7. The van der Waals surface area contributed by atoms with Crippen molar-refractivity contribution in [2.24, 2.45) is 5.92 Å². The molecule has 2 atom stereocenters. The van der Waals surface area contributed by atoms with Gasteiger partial charge in [0.05, 0.1) is 5.92 Å². The van der Waals surface area contributed by atoms with Gasteiger partial charge in [-0.25, -0.2) is 0 Å². The van der Waals surface area contributed by atoms with E-state index in [2.05, 4.69) is 6.58 Å². The smallest absolute Gasteiger partial charge is 0.324 e. The highest BCUT2D eigenvalue weighted by atomic mass is 16.6. The highest BCUT2D eigenvalue weighted by Gasteiger charge is 2.44. The van der Waals surface area contributed by atoms with Crippen molar-refractivity contribution < 1.29 is 19.1 Å². The van der Waals surface area contributed by atoms with Gasteiger partial charge >= 0.3 is 11.9 Å². The number of hydrogen-bond acceptors (Lipinski definition) is 5. The minimum absolute atomic E-state index is 0.164. The third-order valence-corrected chi connectivity index (χ3v) is 5.11. The average molecular weight is 422 g/mol. The number of esters is 2. The van der Waals surface area contributed by atoms with Gasteiger partial charge in [-0.1, -0.05) is 72.8 Å². The molecule has 0 aliphatic carbocycles. The molecule has 0 spiro atoms. The van der Waals surface area contributed by atoms with Crippen LogP contribution < -0.4 is 0 Å². The molecule has 0 bridgehead atoms. The normalized spacial score (nSPS) is 19.6. The lowest BCUT2D eigenvalue weighted by molar-refractivity contribution is -0.171. The van der Waals surface area contributed by atoms with Gasteiger partial charge in [0.2, 0.25) is 0 Å². The van der Waals surface area contributed by atoms with Gasteiger partial charge in [0.1, 0.15) is 18.2 Å². The van der Waals surface area contributed by atoms with Crippen molar-refractivity contribution in [3.05, 3.63) is 83.9 Å². The Morgan fingerprint density at radius 2 is 1.55 bits per heavy atom. The van der Waals surface area contributed by atoms with Crippen molar-refractivity contribution in [2.45, 2.75) is 52.0 Å². The lowest BCUT2D eigenvalue weighted by atomic mass is 9.86. The molecule has 164 valence electrons.